The molecule has 3 nitrogen and oxygen atoms in total. The van der Waals surface area contributed by atoms with Crippen LogP contribution in [0.3, 0.4) is 0 Å². The largest absolute Gasteiger partial charge is 0.381 e. The summed E-state index contributed by atoms with van der Waals surface area (Å²) in [7, 11) is 0. The van der Waals surface area contributed by atoms with Gasteiger partial charge < -0.3 is 10.3 Å². The van der Waals surface area contributed by atoms with Crippen LogP contribution in [-0.2, 0) is 6.54 Å². The maximum absolute atomic E-state index is 4.35. The Bertz CT molecular complexity index is 968. The highest BCUT2D eigenvalue weighted by molar-refractivity contribution is 5.92. The predicted molar refractivity (Wildman–Crippen MR) is 100 cm³/mol. The van der Waals surface area contributed by atoms with Gasteiger partial charge in [0.25, 0.3) is 0 Å². The number of pyridine rings is 1. The fourth-order valence-electron chi connectivity index (χ4n) is 2.98. The molecule has 0 atom stereocenters. The molecule has 0 aliphatic rings. The van der Waals surface area contributed by atoms with Crippen LogP contribution in [0.15, 0.2) is 73.1 Å². The van der Waals surface area contributed by atoms with Crippen molar-refractivity contribution in [3.8, 4) is 11.1 Å². The number of aryl methyl sites for hydroxylation is 1. The van der Waals surface area contributed by atoms with Crippen molar-refractivity contribution in [3.63, 3.8) is 0 Å². The summed E-state index contributed by atoms with van der Waals surface area (Å²) in [5.41, 5.74) is 7.06. The van der Waals surface area contributed by atoms with Crippen LogP contribution in [0.4, 0.5) is 5.69 Å². The molecule has 0 amide bonds. The van der Waals surface area contributed by atoms with Gasteiger partial charge in [-0.1, -0.05) is 42.5 Å². The van der Waals surface area contributed by atoms with Crippen molar-refractivity contribution < 1.29 is 0 Å². The summed E-state index contributed by atoms with van der Waals surface area (Å²) in [6, 6.07) is 21.2. The number of H-pyrrole nitrogens is 1. The summed E-state index contributed by atoms with van der Waals surface area (Å²) in [5.74, 6) is 0. The minimum absolute atomic E-state index is 0.820. The molecular weight excluding hydrogens is 294 g/mol. The second kappa shape index (κ2) is 6.20. The van der Waals surface area contributed by atoms with E-state index < -0.39 is 0 Å². The number of rotatable bonds is 4. The number of hydrogen-bond donors (Lipinski definition) is 2. The minimum atomic E-state index is 0.820. The van der Waals surface area contributed by atoms with Gasteiger partial charge in [-0.2, -0.15) is 0 Å². The summed E-state index contributed by atoms with van der Waals surface area (Å²) in [4.78, 5) is 7.51. The molecule has 0 spiro atoms. The van der Waals surface area contributed by atoms with E-state index >= 15 is 0 Å². The van der Waals surface area contributed by atoms with Crippen molar-refractivity contribution in [1.29, 1.82) is 0 Å². The molecule has 0 bridgehead atoms. The number of nitrogens with one attached hydrogen (secondary N) is 2. The molecule has 0 unspecified atom stereocenters. The van der Waals surface area contributed by atoms with Crippen molar-refractivity contribution in [2.45, 2.75) is 13.5 Å². The van der Waals surface area contributed by atoms with E-state index in [9.17, 15) is 0 Å². The molecule has 0 aliphatic heterocycles. The van der Waals surface area contributed by atoms with Crippen LogP contribution in [0.1, 0.15) is 11.1 Å². The van der Waals surface area contributed by atoms with Gasteiger partial charge in [0.15, 0.2) is 0 Å². The normalized spacial score (nSPS) is 10.9. The Kier molecular flexibility index (Phi) is 3.75. The molecule has 0 saturated carbocycles. The first-order chi connectivity index (χ1) is 11.8. The number of para-hydroxylation sites is 1. The van der Waals surface area contributed by atoms with Gasteiger partial charge in [-0.3, -0.25) is 0 Å². The lowest BCUT2D eigenvalue weighted by Crippen LogP contribution is -2.00. The number of aromatic amines is 1. The molecule has 24 heavy (non-hydrogen) atoms. The second-order valence-corrected chi connectivity index (χ2v) is 5.96. The zero-order valence-corrected chi connectivity index (χ0v) is 13.6. The molecule has 0 saturated heterocycles. The monoisotopic (exact) mass is 313 g/mol. The number of fused-ring (bicyclic) bond motifs is 1. The van der Waals surface area contributed by atoms with Crippen molar-refractivity contribution in [1.82, 2.24) is 9.97 Å². The highest BCUT2D eigenvalue weighted by atomic mass is 14.9. The van der Waals surface area contributed by atoms with Gasteiger partial charge in [-0.15, -0.1) is 0 Å². The molecule has 0 fully saturated rings. The summed E-state index contributed by atoms with van der Waals surface area (Å²) in [6.07, 6.45) is 3.78. The Balaban J connectivity index is 1.55. The maximum Gasteiger partial charge on any atom is 0.137 e. The van der Waals surface area contributed by atoms with E-state index in [1.165, 1.54) is 27.9 Å². The van der Waals surface area contributed by atoms with E-state index in [1.54, 1.807) is 0 Å². The predicted octanol–water partition coefficient (Wildman–Crippen LogP) is 5.15. The lowest BCUT2D eigenvalue weighted by Gasteiger charge is -2.10. The molecule has 4 aromatic rings. The van der Waals surface area contributed by atoms with E-state index in [0.717, 1.165) is 17.6 Å². The molecule has 2 N–H and O–H groups in total. The molecule has 0 radical (unpaired) electrons. The summed E-state index contributed by atoms with van der Waals surface area (Å²) < 4.78 is 0. The Labute approximate surface area is 141 Å². The fraction of sp³-hybridized carbons (Fsp3) is 0.0952. The van der Waals surface area contributed by atoms with Crippen LogP contribution in [0.5, 0.6) is 0 Å². The number of hydrogen-bond acceptors (Lipinski definition) is 2. The molecule has 3 heteroatoms. The van der Waals surface area contributed by atoms with E-state index in [-0.39, 0.29) is 0 Å². The average molecular weight is 313 g/mol. The zero-order valence-electron chi connectivity index (χ0n) is 13.6. The lowest BCUT2D eigenvalue weighted by atomic mass is 10.0. The number of benzene rings is 2. The van der Waals surface area contributed by atoms with E-state index in [2.05, 4.69) is 82.9 Å². The third kappa shape index (κ3) is 2.76. The molecule has 4 rings (SSSR count). The highest BCUT2D eigenvalue weighted by Gasteiger charge is 2.05. The number of nitrogens with zero attached hydrogens (tertiary/aromatic N) is 1. The molecule has 2 heterocycles. The smallest absolute Gasteiger partial charge is 0.137 e. The van der Waals surface area contributed by atoms with Gasteiger partial charge >= 0.3 is 0 Å². The summed E-state index contributed by atoms with van der Waals surface area (Å²) in [6.45, 7) is 2.94. The van der Waals surface area contributed by atoms with E-state index in [4.69, 9.17) is 0 Å². The maximum atomic E-state index is 4.35. The minimum Gasteiger partial charge on any atom is -0.381 e. The van der Waals surface area contributed by atoms with Crippen LogP contribution in [-0.4, -0.2) is 9.97 Å². The van der Waals surface area contributed by atoms with Crippen molar-refractivity contribution in [2.24, 2.45) is 0 Å². The van der Waals surface area contributed by atoms with E-state index in [1.807, 2.05) is 12.4 Å². The van der Waals surface area contributed by atoms with Gasteiger partial charge in [0.1, 0.15) is 5.65 Å². The first kappa shape index (κ1) is 14.5. The molecular formula is C21H19N3. The third-order valence-corrected chi connectivity index (χ3v) is 4.35. The Morgan fingerprint density at radius 1 is 0.958 bits per heavy atom. The van der Waals surface area contributed by atoms with Gasteiger partial charge in [0.2, 0.25) is 0 Å². The summed E-state index contributed by atoms with van der Waals surface area (Å²) in [5, 5.41) is 4.65. The standard InChI is InChI=1S/C21H19N3/c1-15-4-2-3-5-20(15)24-14-16-6-8-17(9-7-16)18-10-12-22-21-19(18)11-13-23-21/h2-13,24H,14H2,1H3,(H,22,23). The topological polar surface area (TPSA) is 40.7 Å². The second-order valence-electron chi connectivity index (χ2n) is 5.96. The Morgan fingerprint density at radius 2 is 1.79 bits per heavy atom. The average Bonchev–Trinajstić information content (AvgIpc) is 3.10. The Hall–Kier alpha value is -3.07. The van der Waals surface area contributed by atoms with Gasteiger partial charge in [0, 0.05) is 30.0 Å². The first-order valence-electron chi connectivity index (χ1n) is 8.12. The molecule has 2 aromatic heterocycles. The SMILES string of the molecule is Cc1ccccc1NCc1ccc(-c2ccnc3[nH]ccc23)cc1. The lowest BCUT2D eigenvalue weighted by molar-refractivity contribution is 1.14. The van der Waals surface area contributed by atoms with Gasteiger partial charge in [-0.25, -0.2) is 4.98 Å². The van der Waals surface area contributed by atoms with Crippen molar-refractivity contribution in [2.75, 3.05) is 5.32 Å². The van der Waals surface area contributed by atoms with Crippen LogP contribution >= 0.6 is 0 Å². The van der Waals surface area contributed by atoms with E-state index in [0.29, 0.717) is 0 Å². The van der Waals surface area contributed by atoms with Crippen molar-refractivity contribution >= 4 is 16.7 Å². The van der Waals surface area contributed by atoms with Crippen molar-refractivity contribution in [3.05, 3.63) is 84.2 Å². The van der Waals surface area contributed by atoms with Crippen LogP contribution in [0.25, 0.3) is 22.2 Å². The van der Waals surface area contributed by atoms with Gasteiger partial charge in [-0.05, 0) is 47.4 Å². The molecule has 0 aliphatic carbocycles. The fourth-order valence-corrected chi connectivity index (χ4v) is 2.98. The van der Waals surface area contributed by atoms with Crippen LogP contribution in [0.2, 0.25) is 0 Å². The molecule has 2 aromatic carbocycles. The third-order valence-electron chi connectivity index (χ3n) is 4.35. The first-order valence-corrected chi connectivity index (χ1v) is 8.12. The van der Waals surface area contributed by atoms with Crippen LogP contribution < -0.4 is 5.32 Å². The summed E-state index contributed by atoms with van der Waals surface area (Å²) >= 11 is 0. The number of aromatic nitrogens is 2. The Morgan fingerprint density at radius 3 is 2.62 bits per heavy atom. The molecule has 118 valence electrons. The zero-order chi connectivity index (χ0) is 16.4. The van der Waals surface area contributed by atoms with Crippen LogP contribution in [0, 0.1) is 6.92 Å². The highest BCUT2D eigenvalue weighted by Crippen LogP contribution is 2.27. The number of anilines is 1. The van der Waals surface area contributed by atoms with Gasteiger partial charge in [0.05, 0.1) is 0 Å². The quantitative estimate of drug-likeness (QED) is 0.547.